The fourth-order valence-corrected chi connectivity index (χ4v) is 3.11. The molecule has 106 valence electrons. The van der Waals surface area contributed by atoms with Crippen LogP contribution in [0.25, 0.3) is 0 Å². The van der Waals surface area contributed by atoms with E-state index in [9.17, 15) is 8.78 Å². The molecule has 2 aromatic rings. The summed E-state index contributed by atoms with van der Waals surface area (Å²) >= 11 is 6.56. The van der Waals surface area contributed by atoms with Crippen molar-refractivity contribution in [1.82, 2.24) is 5.32 Å². The largest absolute Gasteiger partial charge is 0.313 e. The Morgan fingerprint density at radius 2 is 1.80 bits per heavy atom. The van der Waals surface area contributed by atoms with Crippen LogP contribution in [0, 0.1) is 11.6 Å². The smallest absolute Gasteiger partial charge is 0.137 e. The summed E-state index contributed by atoms with van der Waals surface area (Å²) in [6.45, 7) is 0. The van der Waals surface area contributed by atoms with Crippen LogP contribution in [0.2, 0.25) is 0 Å². The minimum atomic E-state index is -0.280. The van der Waals surface area contributed by atoms with Crippen molar-refractivity contribution >= 4 is 31.9 Å². The molecule has 0 heterocycles. The lowest BCUT2D eigenvalue weighted by molar-refractivity contribution is 0.580. The van der Waals surface area contributed by atoms with E-state index in [1.54, 1.807) is 18.2 Å². The van der Waals surface area contributed by atoms with Crippen LogP contribution in [0.15, 0.2) is 45.3 Å². The molecular weight excluding hydrogens is 392 g/mol. The van der Waals surface area contributed by atoms with Crippen molar-refractivity contribution in [2.75, 3.05) is 7.05 Å². The number of benzene rings is 2. The summed E-state index contributed by atoms with van der Waals surface area (Å²) in [5.74, 6) is -0.558. The van der Waals surface area contributed by atoms with Crippen molar-refractivity contribution in [3.05, 3.63) is 68.1 Å². The number of hydrogen-bond acceptors (Lipinski definition) is 1. The van der Waals surface area contributed by atoms with Crippen LogP contribution in [-0.4, -0.2) is 7.05 Å². The Morgan fingerprint density at radius 3 is 2.40 bits per heavy atom. The van der Waals surface area contributed by atoms with Crippen LogP contribution in [0.1, 0.15) is 17.2 Å². The van der Waals surface area contributed by atoms with E-state index in [0.717, 1.165) is 15.6 Å². The molecule has 5 heteroatoms. The summed E-state index contributed by atoms with van der Waals surface area (Å²) in [6, 6.07) is 9.59. The maximum absolute atomic E-state index is 13.2. The van der Waals surface area contributed by atoms with Gasteiger partial charge >= 0.3 is 0 Å². The lowest BCUT2D eigenvalue weighted by Crippen LogP contribution is -2.19. The van der Waals surface area contributed by atoms with E-state index in [1.165, 1.54) is 18.2 Å². The van der Waals surface area contributed by atoms with Gasteiger partial charge in [0.15, 0.2) is 0 Å². The van der Waals surface area contributed by atoms with Crippen LogP contribution in [0.5, 0.6) is 0 Å². The first-order chi connectivity index (χ1) is 9.51. The third-order valence-electron chi connectivity index (χ3n) is 3.11. The van der Waals surface area contributed by atoms with Gasteiger partial charge in [0.2, 0.25) is 0 Å². The molecule has 0 saturated carbocycles. The third-order valence-corrected chi connectivity index (χ3v) is 4.40. The first-order valence-corrected chi connectivity index (χ1v) is 7.66. The molecule has 1 nitrogen and oxygen atoms in total. The van der Waals surface area contributed by atoms with Crippen molar-refractivity contribution < 1.29 is 8.78 Å². The SMILES string of the molecule is CNC(Cc1ccc(F)c(Br)c1)c1ccc(F)cc1Br. The molecular formula is C15H13Br2F2N. The molecule has 0 aliphatic carbocycles. The van der Waals surface area contributed by atoms with Crippen molar-refractivity contribution in [1.29, 1.82) is 0 Å². The predicted octanol–water partition coefficient (Wildman–Crippen LogP) is 4.99. The summed E-state index contributed by atoms with van der Waals surface area (Å²) in [5, 5.41) is 3.20. The van der Waals surface area contributed by atoms with Crippen molar-refractivity contribution in [3.8, 4) is 0 Å². The van der Waals surface area contributed by atoms with Gasteiger partial charge in [0, 0.05) is 10.5 Å². The van der Waals surface area contributed by atoms with Gasteiger partial charge in [-0.25, -0.2) is 8.78 Å². The van der Waals surface area contributed by atoms with Gasteiger partial charge in [0.1, 0.15) is 11.6 Å². The van der Waals surface area contributed by atoms with Crippen LogP contribution in [-0.2, 0) is 6.42 Å². The molecule has 1 N–H and O–H groups in total. The number of rotatable bonds is 4. The summed E-state index contributed by atoms with van der Waals surface area (Å²) in [7, 11) is 1.85. The Labute approximate surface area is 133 Å². The van der Waals surface area contributed by atoms with E-state index in [0.29, 0.717) is 10.9 Å². The zero-order valence-corrected chi connectivity index (χ0v) is 13.9. The minimum Gasteiger partial charge on any atom is -0.313 e. The Balaban J connectivity index is 2.26. The zero-order chi connectivity index (χ0) is 14.7. The lowest BCUT2D eigenvalue weighted by atomic mass is 9.99. The molecule has 2 rings (SSSR count). The van der Waals surface area contributed by atoms with Crippen LogP contribution >= 0.6 is 31.9 Å². The van der Waals surface area contributed by atoms with Crippen molar-refractivity contribution in [3.63, 3.8) is 0 Å². The molecule has 0 fully saturated rings. The second kappa shape index (κ2) is 6.78. The van der Waals surface area contributed by atoms with Gasteiger partial charge in [-0.1, -0.05) is 28.1 Å². The van der Waals surface area contributed by atoms with Gasteiger partial charge in [0.25, 0.3) is 0 Å². The second-order valence-electron chi connectivity index (χ2n) is 4.46. The van der Waals surface area contributed by atoms with Gasteiger partial charge in [-0.15, -0.1) is 0 Å². The molecule has 0 aliphatic rings. The summed E-state index contributed by atoms with van der Waals surface area (Å²) in [6.07, 6.45) is 0.680. The lowest BCUT2D eigenvalue weighted by Gasteiger charge is -2.18. The highest BCUT2D eigenvalue weighted by molar-refractivity contribution is 9.10. The van der Waals surface area contributed by atoms with Crippen LogP contribution < -0.4 is 5.32 Å². The van der Waals surface area contributed by atoms with Gasteiger partial charge in [-0.05, 0) is 64.8 Å². The van der Waals surface area contributed by atoms with Gasteiger partial charge in [-0.2, -0.15) is 0 Å². The van der Waals surface area contributed by atoms with Crippen molar-refractivity contribution in [2.24, 2.45) is 0 Å². The average molecular weight is 405 g/mol. The molecule has 0 saturated heterocycles. The summed E-state index contributed by atoms with van der Waals surface area (Å²) in [4.78, 5) is 0. The molecule has 0 aliphatic heterocycles. The molecule has 20 heavy (non-hydrogen) atoms. The molecule has 0 aromatic heterocycles. The second-order valence-corrected chi connectivity index (χ2v) is 6.17. The highest BCUT2D eigenvalue weighted by Crippen LogP contribution is 2.28. The van der Waals surface area contributed by atoms with E-state index in [4.69, 9.17) is 0 Å². The van der Waals surface area contributed by atoms with Crippen LogP contribution in [0.4, 0.5) is 8.78 Å². The normalized spacial score (nSPS) is 12.4. The number of nitrogens with one attached hydrogen (secondary N) is 1. The third kappa shape index (κ3) is 3.65. The monoisotopic (exact) mass is 403 g/mol. The maximum Gasteiger partial charge on any atom is 0.137 e. The fourth-order valence-electron chi connectivity index (χ4n) is 2.05. The average Bonchev–Trinajstić information content (AvgIpc) is 2.41. The first kappa shape index (κ1) is 15.6. The van der Waals surface area contributed by atoms with Gasteiger partial charge in [0.05, 0.1) is 4.47 Å². The van der Waals surface area contributed by atoms with E-state index in [-0.39, 0.29) is 17.7 Å². The molecule has 0 bridgehead atoms. The van der Waals surface area contributed by atoms with Crippen molar-refractivity contribution in [2.45, 2.75) is 12.5 Å². The minimum absolute atomic E-state index is 0.0161. The quantitative estimate of drug-likeness (QED) is 0.756. The van der Waals surface area contributed by atoms with Crippen LogP contribution in [0.3, 0.4) is 0 Å². The van der Waals surface area contributed by atoms with E-state index in [1.807, 2.05) is 7.05 Å². The Morgan fingerprint density at radius 1 is 1.05 bits per heavy atom. The molecule has 1 unspecified atom stereocenters. The Hall–Kier alpha value is -0.780. The fraction of sp³-hybridized carbons (Fsp3) is 0.200. The standard InChI is InChI=1S/C15H13Br2F2N/c1-20-15(11-4-3-10(18)8-12(11)16)7-9-2-5-14(19)13(17)6-9/h2-6,8,15,20H,7H2,1H3. The summed E-state index contributed by atoms with van der Waals surface area (Å²) in [5.41, 5.74) is 1.96. The Kier molecular flexibility index (Phi) is 5.29. The van der Waals surface area contributed by atoms with E-state index >= 15 is 0 Å². The summed E-state index contributed by atoms with van der Waals surface area (Å²) < 4.78 is 27.5. The molecule has 0 radical (unpaired) electrons. The first-order valence-electron chi connectivity index (χ1n) is 6.07. The number of hydrogen-bond donors (Lipinski definition) is 1. The topological polar surface area (TPSA) is 12.0 Å². The molecule has 0 spiro atoms. The number of halogens is 4. The predicted molar refractivity (Wildman–Crippen MR) is 83.7 cm³/mol. The molecule has 1 atom stereocenters. The Bertz CT molecular complexity index is 617. The highest BCUT2D eigenvalue weighted by Gasteiger charge is 2.14. The van der Waals surface area contributed by atoms with Gasteiger partial charge < -0.3 is 5.32 Å². The molecule has 2 aromatic carbocycles. The van der Waals surface area contributed by atoms with Gasteiger partial charge in [-0.3, -0.25) is 0 Å². The molecule has 0 amide bonds. The zero-order valence-electron chi connectivity index (χ0n) is 10.8. The highest BCUT2D eigenvalue weighted by atomic mass is 79.9. The maximum atomic E-state index is 13.2. The van der Waals surface area contributed by atoms with E-state index < -0.39 is 0 Å². The number of likely N-dealkylation sites (N-methyl/N-ethyl adjacent to an activating group) is 1. The van der Waals surface area contributed by atoms with E-state index in [2.05, 4.69) is 37.2 Å².